The van der Waals surface area contributed by atoms with Crippen LogP contribution < -0.4 is 9.46 Å². The molecule has 0 spiro atoms. The second-order valence-corrected chi connectivity index (χ2v) is 8.39. The molecule has 11 heteroatoms. The molecule has 26 heavy (non-hydrogen) atoms. The van der Waals surface area contributed by atoms with Gasteiger partial charge in [-0.25, -0.2) is 18.0 Å². The SMILES string of the molecule is CCS(=O)(=O)Nc1cccc(-c2sc(C(=O)O)c(OCC(=O)O)c2Cl)c1. The number of benzene rings is 1. The average molecular weight is 420 g/mol. The summed E-state index contributed by atoms with van der Waals surface area (Å²) in [7, 11) is -3.48. The van der Waals surface area contributed by atoms with E-state index in [2.05, 4.69) is 4.72 Å². The smallest absolute Gasteiger partial charge is 0.349 e. The van der Waals surface area contributed by atoms with Crippen LogP contribution >= 0.6 is 22.9 Å². The largest absolute Gasteiger partial charge is 0.479 e. The van der Waals surface area contributed by atoms with Gasteiger partial charge in [0.25, 0.3) is 0 Å². The molecule has 1 heterocycles. The Morgan fingerprint density at radius 1 is 1.31 bits per heavy atom. The number of hydrogen-bond acceptors (Lipinski definition) is 6. The van der Waals surface area contributed by atoms with Crippen molar-refractivity contribution < 1.29 is 33.0 Å². The lowest BCUT2D eigenvalue weighted by Crippen LogP contribution is -2.14. The summed E-state index contributed by atoms with van der Waals surface area (Å²) >= 11 is 7.00. The molecule has 0 bridgehead atoms. The normalized spacial score (nSPS) is 11.2. The predicted molar refractivity (Wildman–Crippen MR) is 97.9 cm³/mol. The predicted octanol–water partition coefficient (Wildman–Crippen LogP) is 2.99. The number of sulfonamides is 1. The topological polar surface area (TPSA) is 130 Å². The van der Waals surface area contributed by atoms with E-state index in [9.17, 15) is 23.1 Å². The summed E-state index contributed by atoms with van der Waals surface area (Å²) in [4.78, 5) is 22.1. The van der Waals surface area contributed by atoms with E-state index in [1.807, 2.05) is 0 Å². The fraction of sp³-hybridized carbons (Fsp3) is 0.200. The van der Waals surface area contributed by atoms with Gasteiger partial charge in [-0.05, 0) is 24.6 Å². The molecule has 3 N–H and O–H groups in total. The lowest BCUT2D eigenvalue weighted by atomic mass is 10.1. The molecule has 2 rings (SSSR count). The standard InChI is InChI=1S/C15H14ClNO7S2/c1-2-26(22,23)17-9-5-3-4-8(6-9)13-11(16)12(24-7-10(18)19)14(25-13)15(20)21/h3-6,17H,2,7H2,1H3,(H,18,19)(H,20,21). The van der Waals surface area contributed by atoms with Gasteiger partial charge in [0.05, 0.1) is 10.6 Å². The summed E-state index contributed by atoms with van der Waals surface area (Å²) in [5.74, 6) is -2.93. The minimum atomic E-state index is -3.48. The first-order chi connectivity index (χ1) is 12.1. The summed E-state index contributed by atoms with van der Waals surface area (Å²) in [6.45, 7) is 0.750. The first-order valence-electron chi connectivity index (χ1n) is 7.15. The molecule has 0 fully saturated rings. The van der Waals surface area contributed by atoms with E-state index < -0.39 is 28.6 Å². The van der Waals surface area contributed by atoms with Crippen LogP contribution in [0.15, 0.2) is 24.3 Å². The molecule has 0 aliphatic carbocycles. The molecular formula is C15H14ClNO7S2. The van der Waals surface area contributed by atoms with Crippen molar-refractivity contribution in [1.29, 1.82) is 0 Å². The Hall–Kier alpha value is -2.30. The van der Waals surface area contributed by atoms with Crippen LogP contribution in [0, 0.1) is 0 Å². The highest BCUT2D eigenvalue weighted by Crippen LogP contribution is 2.45. The van der Waals surface area contributed by atoms with Crippen molar-refractivity contribution in [2.24, 2.45) is 0 Å². The molecule has 0 saturated heterocycles. The lowest BCUT2D eigenvalue weighted by molar-refractivity contribution is -0.139. The molecule has 1 aromatic carbocycles. The Morgan fingerprint density at radius 2 is 2.00 bits per heavy atom. The number of ether oxygens (including phenoxy) is 1. The fourth-order valence-electron chi connectivity index (χ4n) is 1.96. The van der Waals surface area contributed by atoms with Crippen LogP contribution in [0.4, 0.5) is 5.69 Å². The van der Waals surface area contributed by atoms with Gasteiger partial charge < -0.3 is 14.9 Å². The van der Waals surface area contributed by atoms with E-state index in [1.165, 1.54) is 19.1 Å². The number of aliphatic carboxylic acids is 1. The number of carboxylic acid groups (broad SMARTS) is 2. The van der Waals surface area contributed by atoms with Crippen molar-refractivity contribution in [3.8, 4) is 16.2 Å². The van der Waals surface area contributed by atoms with Crippen LogP contribution in [0.3, 0.4) is 0 Å². The highest BCUT2D eigenvalue weighted by atomic mass is 35.5. The quantitative estimate of drug-likeness (QED) is 0.599. The Kier molecular flexibility index (Phi) is 6.11. The third kappa shape index (κ3) is 4.65. The lowest BCUT2D eigenvalue weighted by Gasteiger charge is -2.08. The zero-order chi connectivity index (χ0) is 19.5. The summed E-state index contributed by atoms with van der Waals surface area (Å²) in [5, 5.41) is 17.9. The van der Waals surface area contributed by atoms with Gasteiger partial charge in [-0.3, -0.25) is 4.72 Å². The van der Waals surface area contributed by atoms with Gasteiger partial charge in [-0.2, -0.15) is 0 Å². The van der Waals surface area contributed by atoms with E-state index >= 15 is 0 Å². The number of aromatic carboxylic acids is 1. The molecule has 1 aromatic heterocycles. The Labute approximate surface area is 158 Å². The maximum Gasteiger partial charge on any atom is 0.349 e. The molecule has 0 amide bonds. The maximum atomic E-state index is 11.7. The van der Waals surface area contributed by atoms with Crippen LogP contribution in [-0.4, -0.2) is 42.9 Å². The summed E-state index contributed by atoms with van der Waals surface area (Å²) in [5.41, 5.74) is 0.752. The van der Waals surface area contributed by atoms with Crippen LogP contribution in [-0.2, 0) is 14.8 Å². The fourth-order valence-corrected chi connectivity index (χ4v) is 3.99. The Balaban J connectivity index is 2.47. The van der Waals surface area contributed by atoms with Gasteiger partial charge in [-0.15, -0.1) is 11.3 Å². The average Bonchev–Trinajstić information content (AvgIpc) is 2.89. The first kappa shape index (κ1) is 20.0. The number of halogens is 1. The molecule has 0 unspecified atom stereocenters. The van der Waals surface area contributed by atoms with Crippen molar-refractivity contribution in [3.63, 3.8) is 0 Å². The van der Waals surface area contributed by atoms with Crippen LogP contribution in [0.25, 0.3) is 10.4 Å². The van der Waals surface area contributed by atoms with Gasteiger partial charge in [0.15, 0.2) is 17.2 Å². The van der Waals surface area contributed by atoms with Crippen molar-refractivity contribution in [1.82, 2.24) is 0 Å². The molecule has 0 radical (unpaired) electrons. The zero-order valence-corrected chi connectivity index (χ0v) is 15.7. The summed E-state index contributed by atoms with van der Waals surface area (Å²) in [6.07, 6.45) is 0. The molecule has 0 atom stereocenters. The Bertz CT molecular complexity index is 953. The van der Waals surface area contributed by atoms with Gasteiger partial charge in [0.2, 0.25) is 10.0 Å². The third-order valence-electron chi connectivity index (χ3n) is 3.12. The highest BCUT2D eigenvalue weighted by molar-refractivity contribution is 7.92. The van der Waals surface area contributed by atoms with E-state index in [4.69, 9.17) is 21.4 Å². The number of thiophene rings is 1. The third-order valence-corrected chi connectivity index (χ3v) is 6.11. The van der Waals surface area contributed by atoms with Gasteiger partial charge in [0.1, 0.15) is 5.02 Å². The minimum absolute atomic E-state index is 0.0517. The number of nitrogens with one attached hydrogen (secondary N) is 1. The molecule has 0 aliphatic rings. The second-order valence-electron chi connectivity index (χ2n) is 4.98. The van der Waals surface area contributed by atoms with E-state index in [-0.39, 0.29) is 21.4 Å². The van der Waals surface area contributed by atoms with Crippen LogP contribution in [0.1, 0.15) is 16.6 Å². The zero-order valence-electron chi connectivity index (χ0n) is 13.4. The van der Waals surface area contributed by atoms with Crippen molar-refractivity contribution in [3.05, 3.63) is 34.2 Å². The van der Waals surface area contributed by atoms with Crippen LogP contribution in [0.5, 0.6) is 5.75 Å². The molecule has 2 aromatic rings. The Morgan fingerprint density at radius 3 is 2.58 bits per heavy atom. The molecule has 0 saturated carbocycles. The number of anilines is 1. The van der Waals surface area contributed by atoms with Crippen molar-refractivity contribution in [2.45, 2.75) is 6.92 Å². The van der Waals surface area contributed by atoms with Crippen LogP contribution in [0.2, 0.25) is 5.02 Å². The highest BCUT2D eigenvalue weighted by Gasteiger charge is 2.25. The first-order valence-corrected chi connectivity index (χ1v) is 10.0. The monoisotopic (exact) mass is 419 g/mol. The summed E-state index contributed by atoms with van der Waals surface area (Å²) in [6, 6.07) is 6.24. The summed E-state index contributed by atoms with van der Waals surface area (Å²) < 4.78 is 30.8. The molecule has 140 valence electrons. The van der Waals surface area contributed by atoms with E-state index in [0.29, 0.717) is 16.1 Å². The van der Waals surface area contributed by atoms with Gasteiger partial charge >= 0.3 is 11.9 Å². The maximum absolute atomic E-state index is 11.7. The molecule has 8 nitrogen and oxygen atoms in total. The minimum Gasteiger partial charge on any atom is -0.479 e. The number of carboxylic acids is 2. The second kappa shape index (κ2) is 7.94. The number of carbonyl (C=O) groups is 2. The number of hydrogen-bond donors (Lipinski definition) is 3. The van der Waals surface area contributed by atoms with E-state index in [0.717, 1.165) is 11.3 Å². The molecular weight excluding hydrogens is 406 g/mol. The van der Waals surface area contributed by atoms with Crippen molar-refractivity contribution >= 4 is 50.6 Å². The van der Waals surface area contributed by atoms with Gasteiger partial charge in [0, 0.05) is 5.69 Å². The number of rotatable bonds is 8. The van der Waals surface area contributed by atoms with E-state index in [1.54, 1.807) is 12.1 Å². The van der Waals surface area contributed by atoms with Gasteiger partial charge in [-0.1, -0.05) is 23.7 Å². The molecule has 0 aliphatic heterocycles. The van der Waals surface area contributed by atoms with Crippen molar-refractivity contribution in [2.75, 3.05) is 17.1 Å².